The van der Waals surface area contributed by atoms with Crippen LogP contribution < -0.4 is 5.32 Å². The lowest BCUT2D eigenvalue weighted by Crippen LogP contribution is -2.46. The van der Waals surface area contributed by atoms with Crippen molar-refractivity contribution in [1.82, 2.24) is 5.32 Å². The zero-order valence-electron chi connectivity index (χ0n) is 10.2. The predicted octanol–water partition coefficient (Wildman–Crippen LogP) is 1.59. The van der Waals surface area contributed by atoms with Gasteiger partial charge >= 0.3 is 0 Å². The highest BCUT2D eigenvalue weighted by Crippen LogP contribution is 2.21. The summed E-state index contributed by atoms with van der Waals surface area (Å²) in [6.45, 7) is 8.77. The lowest BCUT2D eigenvalue weighted by atomic mass is 9.87. The minimum Gasteiger partial charge on any atom is -0.311 e. The van der Waals surface area contributed by atoms with Gasteiger partial charge in [-0.1, -0.05) is 20.8 Å². The van der Waals surface area contributed by atoms with Gasteiger partial charge in [-0.2, -0.15) is 0 Å². The fourth-order valence-corrected chi connectivity index (χ4v) is 3.15. The van der Waals surface area contributed by atoms with Gasteiger partial charge in [-0.15, -0.1) is 0 Å². The lowest BCUT2D eigenvalue weighted by Gasteiger charge is -2.33. The van der Waals surface area contributed by atoms with Gasteiger partial charge in [0, 0.05) is 12.1 Å². The van der Waals surface area contributed by atoms with E-state index >= 15 is 0 Å². The molecule has 0 bridgehead atoms. The maximum Gasteiger partial charge on any atom is 0.150 e. The molecular weight excluding hydrogens is 210 g/mol. The number of nitrogens with one attached hydrogen (secondary N) is 1. The van der Waals surface area contributed by atoms with Crippen molar-refractivity contribution < 1.29 is 8.42 Å². The van der Waals surface area contributed by atoms with Crippen LogP contribution in [0.2, 0.25) is 0 Å². The predicted molar refractivity (Wildman–Crippen MR) is 63.7 cm³/mol. The molecule has 1 atom stereocenters. The van der Waals surface area contributed by atoms with E-state index in [2.05, 4.69) is 33.0 Å². The largest absolute Gasteiger partial charge is 0.311 e. The van der Waals surface area contributed by atoms with E-state index < -0.39 is 9.84 Å². The van der Waals surface area contributed by atoms with Crippen molar-refractivity contribution >= 4 is 9.84 Å². The van der Waals surface area contributed by atoms with Gasteiger partial charge in [0.1, 0.15) is 9.84 Å². The molecule has 1 N–H and O–H groups in total. The Hall–Kier alpha value is -0.0900. The van der Waals surface area contributed by atoms with Crippen molar-refractivity contribution in [2.75, 3.05) is 11.5 Å². The summed E-state index contributed by atoms with van der Waals surface area (Å²) in [5.41, 5.74) is 0.232. The van der Waals surface area contributed by atoms with Gasteiger partial charge in [-0.3, -0.25) is 0 Å². The Bertz CT molecular complexity index is 289. The standard InChI is InChI=1S/C11H23NO2S/c1-9(11(2,3)4)12-10-5-7-15(13,14)8-6-10/h9-10,12H,5-8H2,1-4H3. The molecule has 0 aromatic rings. The average molecular weight is 233 g/mol. The summed E-state index contributed by atoms with van der Waals surface area (Å²) in [5.74, 6) is 0.697. The Morgan fingerprint density at radius 2 is 1.67 bits per heavy atom. The summed E-state index contributed by atoms with van der Waals surface area (Å²) in [6.07, 6.45) is 1.53. The first kappa shape index (κ1) is 13.0. The molecule has 0 aromatic carbocycles. The molecule has 4 heteroatoms. The summed E-state index contributed by atoms with van der Waals surface area (Å²) in [4.78, 5) is 0. The van der Waals surface area contributed by atoms with Gasteiger partial charge in [0.05, 0.1) is 11.5 Å². The summed E-state index contributed by atoms with van der Waals surface area (Å²) in [6, 6.07) is 0.797. The molecule has 1 unspecified atom stereocenters. The molecule has 0 aliphatic carbocycles. The second-order valence-corrected chi connectivity index (χ2v) is 7.98. The number of hydrogen-bond donors (Lipinski definition) is 1. The minimum atomic E-state index is -2.73. The Morgan fingerprint density at radius 1 is 1.20 bits per heavy atom. The van der Waals surface area contributed by atoms with Crippen molar-refractivity contribution in [3.8, 4) is 0 Å². The molecule has 0 radical (unpaired) electrons. The molecule has 15 heavy (non-hydrogen) atoms. The molecule has 1 rings (SSSR count). The van der Waals surface area contributed by atoms with Crippen LogP contribution in [0.5, 0.6) is 0 Å². The molecule has 0 spiro atoms. The number of rotatable bonds is 2. The van der Waals surface area contributed by atoms with Gasteiger partial charge < -0.3 is 5.32 Å². The highest BCUT2D eigenvalue weighted by atomic mass is 32.2. The quantitative estimate of drug-likeness (QED) is 0.788. The summed E-state index contributed by atoms with van der Waals surface area (Å²) >= 11 is 0. The first-order valence-corrected chi connectivity index (χ1v) is 7.49. The third-order valence-corrected chi connectivity index (χ3v) is 5.05. The zero-order chi connectivity index (χ0) is 11.7. The van der Waals surface area contributed by atoms with E-state index in [-0.39, 0.29) is 5.41 Å². The van der Waals surface area contributed by atoms with E-state index in [1.807, 2.05) is 0 Å². The highest BCUT2D eigenvalue weighted by molar-refractivity contribution is 7.91. The van der Waals surface area contributed by atoms with E-state index in [9.17, 15) is 8.42 Å². The van der Waals surface area contributed by atoms with Gasteiger partial charge in [0.25, 0.3) is 0 Å². The van der Waals surface area contributed by atoms with E-state index in [0.717, 1.165) is 12.8 Å². The van der Waals surface area contributed by atoms with Gasteiger partial charge in [-0.05, 0) is 25.2 Å². The van der Waals surface area contributed by atoms with Crippen LogP contribution in [-0.4, -0.2) is 32.0 Å². The second-order valence-electron chi connectivity index (χ2n) is 5.68. The van der Waals surface area contributed by atoms with Gasteiger partial charge in [0.2, 0.25) is 0 Å². The maximum atomic E-state index is 11.3. The molecule has 90 valence electrons. The lowest BCUT2D eigenvalue weighted by molar-refractivity contribution is 0.255. The molecule has 1 aliphatic rings. The Kier molecular flexibility index (Phi) is 3.82. The van der Waals surface area contributed by atoms with Crippen LogP contribution in [0.15, 0.2) is 0 Å². The minimum absolute atomic E-state index is 0.232. The molecule has 0 saturated carbocycles. The first-order chi connectivity index (χ1) is 6.71. The van der Waals surface area contributed by atoms with Crippen LogP contribution in [0.4, 0.5) is 0 Å². The van der Waals surface area contributed by atoms with Crippen LogP contribution >= 0.6 is 0 Å². The SMILES string of the molecule is CC(NC1CCS(=O)(=O)CC1)C(C)(C)C. The maximum absolute atomic E-state index is 11.3. The van der Waals surface area contributed by atoms with Crippen molar-refractivity contribution in [3.05, 3.63) is 0 Å². The Balaban J connectivity index is 2.43. The third kappa shape index (κ3) is 4.11. The molecule has 3 nitrogen and oxygen atoms in total. The van der Waals surface area contributed by atoms with Crippen molar-refractivity contribution in [2.45, 2.75) is 52.6 Å². The highest BCUT2D eigenvalue weighted by Gasteiger charge is 2.27. The van der Waals surface area contributed by atoms with Crippen LogP contribution in [0, 0.1) is 5.41 Å². The van der Waals surface area contributed by atoms with Crippen molar-refractivity contribution in [3.63, 3.8) is 0 Å². The summed E-state index contributed by atoms with van der Waals surface area (Å²) in [5, 5.41) is 3.53. The third-order valence-electron chi connectivity index (χ3n) is 3.34. The number of hydrogen-bond acceptors (Lipinski definition) is 3. The molecule has 1 aliphatic heterocycles. The monoisotopic (exact) mass is 233 g/mol. The van der Waals surface area contributed by atoms with Crippen LogP contribution in [0.25, 0.3) is 0 Å². The van der Waals surface area contributed by atoms with E-state index in [4.69, 9.17) is 0 Å². The van der Waals surface area contributed by atoms with E-state index in [1.54, 1.807) is 0 Å². The second kappa shape index (κ2) is 4.42. The Morgan fingerprint density at radius 3 is 2.07 bits per heavy atom. The summed E-state index contributed by atoms with van der Waals surface area (Å²) < 4.78 is 22.5. The molecule has 1 fully saturated rings. The van der Waals surface area contributed by atoms with Crippen LogP contribution in [0.1, 0.15) is 40.5 Å². The van der Waals surface area contributed by atoms with E-state index in [0.29, 0.717) is 23.6 Å². The smallest absolute Gasteiger partial charge is 0.150 e. The number of sulfone groups is 1. The average Bonchev–Trinajstić information content (AvgIpc) is 2.07. The first-order valence-electron chi connectivity index (χ1n) is 5.67. The van der Waals surface area contributed by atoms with Crippen molar-refractivity contribution in [1.29, 1.82) is 0 Å². The fraction of sp³-hybridized carbons (Fsp3) is 1.00. The van der Waals surface area contributed by atoms with Gasteiger partial charge in [-0.25, -0.2) is 8.42 Å². The molecule has 1 saturated heterocycles. The zero-order valence-corrected chi connectivity index (χ0v) is 11.0. The topological polar surface area (TPSA) is 46.2 Å². The van der Waals surface area contributed by atoms with Crippen LogP contribution in [0.3, 0.4) is 0 Å². The fourth-order valence-electron chi connectivity index (χ4n) is 1.66. The van der Waals surface area contributed by atoms with Gasteiger partial charge in [0.15, 0.2) is 0 Å². The normalized spacial score (nSPS) is 25.1. The Labute approximate surface area is 93.6 Å². The van der Waals surface area contributed by atoms with Crippen LogP contribution in [-0.2, 0) is 9.84 Å². The summed E-state index contributed by atoms with van der Waals surface area (Å²) in [7, 11) is -2.73. The van der Waals surface area contributed by atoms with Crippen molar-refractivity contribution in [2.24, 2.45) is 5.41 Å². The molecule has 1 heterocycles. The van der Waals surface area contributed by atoms with E-state index in [1.165, 1.54) is 0 Å². The molecule has 0 aromatic heterocycles. The molecular formula is C11H23NO2S. The molecule has 0 amide bonds.